The first-order valence-electron chi connectivity index (χ1n) is 6.29. The van der Waals surface area contributed by atoms with E-state index in [9.17, 15) is 4.79 Å². The number of nitrogens with one attached hydrogen (secondary N) is 1. The summed E-state index contributed by atoms with van der Waals surface area (Å²) in [4.78, 5) is 16.5. The summed E-state index contributed by atoms with van der Waals surface area (Å²) in [5, 5.41) is 7.45. The van der Waals surface area contributed by atoms with Crippen LogP contribution in [0.3, 0.4) is 0 Å². The van der Waals surface area contributed by atoms with E-state index in [1.807, 2.05) is 6.07 Å². The predicted molar refractivity (Wildman–Crippen MR) is 66.4 cm³/mol. The molecule has 6 nitrogen and oxygen atoms in total. The van der Waals surface area contributed by atoms with Crippen molar-refractivity contribution in [1.82, 2.24) is 14.8 Å². The Kier molecular flexibility index (Phi) is 2.11. The molecule has 2 aliphatic rings. The molecule has 2 aromatic rings. The zero-order valence-electron chi connectivity index (χ0n) is 10.2. The first-order valence-corrected chi connectivity index (χ1v) is 6.29. The largest absolute Gasteiger partial charge is 0.472 e. The molecule has 4 rings (SSSR count). The van der Waals surface area contributed by atoms with Crippen LogP contribution < -0.4 is 5.32 Å². The van der Waals surface area contributed by atoms with Crippen molar-refractivity contribution in [2.45, 2.75) is 25.3 Å². The maximum absolute atomic E-state index is 12.3. The lowest BCUT2D eigenvalue weighted by Crippen LogP contribution is -2.31. The van der Waals surface area contributed by atoms with E-state index in [2.05, 4.69) is 15.4 Å². The highest BCUT2D eigenvalue weighted by atomic mass is 16.3. The quantitative estimate of drug-likeness (QED) is 0.843. The molecule has 0 saturated carbocycles. The fourth-order valence-corrected chi connectivity index (χ4v) is 2.83. The molecular weight excluding hydrogens is 244 g/mol. The van der Waals surface area contributed by atoms with Crippen molar-refractivity contribution in [3.63, 3.8) is 0 Å². The number of furan rings is 1. The number of aromatic nitrogens is 3. The second-order valence-electron chi connectivity index (χ2n) is 4.78. The molecule has 1 atom stereocenters. The minimum atomic E-state index is -0.222. The maximum atomic E-state index is 12.3. The number of hydrogen-bond acceptors (Lipinski definition) is 5. The molecule has 19 heavy (non-hydrogen) atoms. The normalized spacial score (nSPS) is 21.9. The fourth-order valence-electron chi connectivity index (χ4n) is 2.83. The van der Waals surface area contributed by atoms with Crippen molar-refractivity contribution in [2.24, 2.45) is 0 Å². The van der Waals surface area contributed by atoms with Gasteiger partial charge in [-0.25, -0.2) is 4.68 Å². The first kappa shape index (κ1) is 10.5. The summed E-state index contributed by atoms with van der Waals surface area (Å²) in [6.45, 7) is 0. The van der Waals surface area contributed by atoms with Gasteiger partial charge in [0.1, 0.15) is 12.4 Å². The standard InChI is InChI=1S/C13H12N4O2/c18-10-3-1-2-9-11(10)12(8-4-5-19-6-8)17-13(16-9)14-7-15-17/h4-7,12H,1-3H2,(H,14,15,16)/t12-/m1/s1. The number of allylic oxidation sites excluding steroid dienone is 2. The summed E-state index contributed by atoms with van der Waals surface area (Å²) in [6, 6.07) is 1.65. The lowest BCUT2D eigenvalue weighted by Gasteiger charge is -2.31. The summed E-state index contributed by atoms with van der Waals surface area (Å²) >= 11 is 0. The molecule has 1 aliphatic carbocycles. The molecular formula is C13H12N4O2. The van der Waals surface area contributed by atoms with Gasteiger partial charge in [0.15, 0.2) is 5.78 Å². The van der Waals surface area contributed by atoms with Crippen molar-refractivity contribution >= 4 is 11.7 Å². The predicted octanol–water partition coefficient (Wildman–Crippen LogP) is 1.89. The highest BCUT2D eigenvalue weighted by Crippen LogP contribution is 2.39. The zero-order chi connectivity index (χ0) is 12.8. The Labute approximate surface area is 109 Å². The smallest absolute Gasteiger partial charge is 0.226 e. The molecule has 0 spiro atoms. The van der Waals surface area contributed by atoms with Gasteiger partial charge < -0.3 is 9.73 Å². The van der Waals surface area contributed by atoms with Crippen molar-refractivity contribution in [2.75, 3.05) is 5.32 Å². The van der Waals surface area contributed by atoms with E-state index in [1.165, 1.54) is 6.33 Å². The summed E-state index contributed by atoms with van der Waals surface area (Å²) in [6.07, 6.45) is 7.13. The monoisotopic (exact) mass is 256 g/mol. The maximum Gasteiger partial charge on any atom is 0.226 e. The van der Waals surface area contributed by atoms with Gasteiger partial charge in [-0.15, -0.1) is 0 Å². The number of ketones is 1. The molecule has 0 saturated heterocycles. The van der Waals surface area contributed by atoms with Gasteiger partial charge in [-0.3, -0.25) is 4.79 Å². The van der Waals surface area contributed by atoms with Crippen LogP contribution in [0.15, 0.2) is 40.6 Å². The molecule has 2 aromatic heterocycles. The molecule has 0 aromatic carbocycles. The van der Waals surface area contributed by atoms with E-state index in [0.29, 0.717) is 12.4 Å². The van der Waals surface area contributed by atoms with Gasteiger partial charge in [0.25, 0.3) is 0 Å². The Morgan fingerprint density at radius 2 is 2.37 bits per heavy atom. The van der Waals surface area contributed by atoms with E-state index in [0.717, 1.165) is 29.7 Å². The molecule has 1 N–H and O–H groups in total. The van der Waals surface area contributed by atoms with Crippen LogP contribution in [0.25, 0.3) is 0 Å². The molecule has 0 fully saturated rings. The number of hydrogen-bond donors (Lipinski definition) is 1. The Balaban J connectivity index is 1.93. The van der Waals surface area contributed by atoms with E-state index in [-0.39, 0.29) is 11.8 Å². The third-order valence-corrected chi connectivity index (χ3v) is 3.67. The van der Waals surface area contributed by atoms with E-state index >= 15 is 0 Å². The van der Waals surface area contributed by atoms with E-state index in [4.69, 9.17) is 4.42 Å². The number of anilines is 1. The van der Waals surface area contributed by atoms with Crippen LogP contribution in [0.5, 0.6) is 0 Å². The molecule has 0 radical (unpaired) electrons. The van der Waals surface area contributed by atoms with Crippen molar-refractivity contribution in [3.8, 4) is 0 Å². The number of fused-ring (bicyclic) bond motifs is 1. The van der Waals surface area contributed by atoms with Crippen molar-refractivity contribution in [3.05, 3.63) is 41.8 Å². The van der Waals surface area contributed by atoms with E-state index in [1.54, 1.807) is 17.2 Å². The number of carbonyl (C=O) groups excluding carboxylic acids is 1. The average Bonchev–Trinajstić information content (AvgIpc) is 3.07. The van der Waals surface area contributed by atoms with Gasteiger partial charge in [-0.05, 0) is 18.9 Å². The fraction of sp³-hybridized carbons (Fsp3) is 0.308. The SMILES string of the molecule is O=C1CCCC2=C1[C@@H](c1ccoc1)n1ncnc1N2. The van der Waals surface area contributed by atoms with Gasteiger partial charge in [0.05, 0.1) is 12.5 Å². The lowest BCUT2D eigenvalue weighted by molar-refractivity contribution is -0.116. The summed E-state index contributed by atoms with van der Waals surface area (Å²) in [5.41, 5.74) is 2.70. The third kappa shape index (κ3) is 1.46. The van der Waals surface area contributed by atoms with Crippen LogP contribution in [-0.2, 0) is 4.79 Å². The molecule has 96 valence electrons. The topological polar surface area (TPSA) is 73.0 Å². The Hall–Kier alpha value is -2.37. The number of carbonyl (C=O) groups is 1. The van der Waals surface area contributed by atoms with Crippen molar-refractivity contribution < 1.29 is 9.21 Å². The molecule has 1 aliphatic heterocycles. The van der Waals surface area contributed by atoms with Gasteiger partial charge in [0.2, 0.25) is 5.95 Å². The van der Waals surface area contributed by atoms with Crippen LogP contribution in [0.1, 0.15) is 30.9 Å². The zero-order valence-corrected chi connectivity index (χ0v) is 10.2. The van der Waals surface area contributed by atoms with Gasteiger partial charge >= 0.3 is 0 Å². The lowest BCUT2D eigenvalue weighted by atomic mass is 9.86. The van der Waals surface area contributed by atoms with Gasteiger partial charge in [-0.2, -0.15) is 10.1 Å². The van der Waals surface area contributed by atoms with Crippen LogP contribution >= 0.6 is 0 Å². The third-order valence-electron chi connectivity index (χ3n) is 3.67. The second-order valence-corrected chi connectivity index (χ2v) is 4.78. The Morgan fingerprint density at radius 1 is 1.42 bits per heavy atom. The first-order chi connectivity index (χ1) is 9.34. The summed E-state index contributed by atoms with van der Waals surface area (Å²) < 4.78 is 6.90. The molecule has 0 unspecified atom stereocenters. The van der Waals surface area contributed by atoms with Crippen molar-refractivity contribution in [1.29, 1.82) is 0 Å². The second kappa shape index (κ2) is 3.81. The van der Waals surface area contributed by atoms with Crippen LogP contribution in [-0.4, -0.2) is 20.5 Å². The van der Waals surface area contributed by atoms with E-state index < -0.39 is 0 Å². The molecule has 6 heteroatoms. The van der Waals surface area contributed by atoms with Crippen LogP contribution in [0, 0.1) is 0 Å². The highest BCUT2D eigenvalue weighted by molar-refractivity contribution is 5.99. The average molecular weight is 256 g/mol. The molecule has 3 heterocycles. The highest BCUT2D eigenvalue weighted by Gasteiger charge is 2.36. The van der Waals surface area contributed by atoms with Gasteiger partial charge in [0, 0.05) is 23.3 Å². The Morgan fingerprint density at radius 3 is 3.21 bits per heavy atom. The number of rotatable bonds is 1. The number of Topliss-reactive ketones (excluding diaryl/α,β-unsaturated/α-hetero) is 1. The summed E-state index contributed by atoms with van der Waals surface area (Å²) in [5.74, 6) is 0.862. The minimum absolute atomic E-state index is 0.182. The minimum Gasteiger partial charge on any atom is -0.472 e. The van der Waals surface area contributed by atoms with Gasteiger partial charge in [-0.1, -0.05) is 0 Å². The summed E-state index contributed by atoms with van der Waals surface area (Å²) in [7, 11) is 0. The molecule has 0 bridgehead atoms. The number of nitrogens with zero attached hydrogens (tertiary/aromatic N) is 3. The molecule has 0 amide bonds. The van der Waals surface area contributed by atoms with Crippen LogP contribution in [0.2, 0.25) is 0 Å². The van der Waals surface area contributed by atoms with Crippen LogP contribution in [0.4, 0.5) is 5.95 Å². The Bertz CT molecular complexity index is 669.